The Kier molecular flexibility index (Phi) is 3.98. The van der Waals surface area contributed by atoms with Crippen LogP contribution in [-0.4, -0.2) is 4.98 Å². The van der Waals surface area contributed by atoms with Crippen LogP contribution in [0.1, 0.15) is 25.1 Å². The van der Waals surface area contributed by atoms with Gasteiger partial charge in [-0.1, -0.05) is 24.8 Å². The van der Waals surface area contributed by atoms with Gasteiger partial charge in [-0.05, 0) is 30.0 Å². The number of aromatic nitrogens is 1. The average Bonchev–Trinajstić information content (AvgIpc) is 2.82. The lowest BCUT2D eigenvalue weighted by molar-refractivity contribution is 0.674. The third kappa shape index (κ3) is 2.84. The molecular formula is C12H14N2S2. The molecule has 0 saturated heterocycles. The van der Waals surface area contributed by atoms with Crippen molar-refractivity contribution in [1.82, 2.24) is 4.98 Å². The molecule has 4 heteroatoms. The van der Waals surface area contributed by atoms with E-state index in [1.165, 1.54) is 4.21 Å². The highest BCUT2D eigenvalue weighted by Gasteiger charge is 2.05. The van der Waals surface area contributed by atoms with Crippen molar-refractivity contribution in [2.75, 3.05) is 0 Å². The minimum Gasteiger partial charge on any atom is -0.323 e. The van der Waals surface area contributed by atoms with Crippen molar-refractivity contribution in [3.8, 4) is 0 Å². The van der Waals surface area contributed by atoms with Crippen LogP contribution in [0.5, 0.6) is 0 Å². The van der Waals surface area contributed by atoms with Crippen molar-refractivity contribution >= 4 is 23.1 Å². The summed E-state index contributed by atoms with van der Waals surface area (Å²) in [6.45, 7) is 2.07. The molecule has 0 aliphatic rings. The van der Waals surface area contributed by atoms with E-state index in [1.54, 1.807) is 23.1 Å². The van der Waals surface area contributed by atoms with Gasteiger partial charge < -0.3 is 5.73 Å². The summed E-state index contributed by atoms with van der Waals surface area (Å²) < 4.78 is 1.29. The predicted octanol–water partition coefficient (Wildman–Crippen LogP) is 3.70. The van der Waals surface area contributed by atoms with Crippen molar-refractivity contribution in [2.45, 2.75) is 28.5 Å². The predicted molar refractivity (Wildman–Crippen MR) is 69.9 cm³/mol. The first-order chi connectivity index (χ1) is 7.79. The van der Waals surface area contributed by atoms with Crippen LogP contribution < -0.4 is 5.73 Å². The molecule has 0 aliphatic heterocycles. The van der Waals surface area contributed by atoms with Gasteiger partial charge in [0.05, 0.1) is 9.90 Å². The van der Waals surface area contributed by atoms with Gasteiger partial charge in [0.25, 0.3) is 0 Å². The zero-order valence-electron chi connectivity index (χ0n) is 9.09. The number of hydrogen-bond donors (Lipinski definition) is 1. The van der Waals surface area contributed by atoms with Crippen LogP contribution in [0.2, 0.25) is 0 Å². The minimum atomic E-state index is 0.0563. The second-order valence-corrected chi connectivity index (χ2v) is 5.79. The van der Waals surface area contributed by atoms with E-state index in [0.717, 1.165) is 17.0 Å². The minimum absolute atomic E-state index is 0.0563. The summed E-state index contributed by atoms with van der Waals surface area (Å²) in [5.41, 5.74) is 6.88. The molecule has 0 bridgehead atoms. The monoisotopic (exact) mass is 250 g/mol. The van der Waals surface area contributed by atoms with Gasteiger partial charge in [0.2, 0.25) is 0 Å². The van der Waals surface area contributed by atoms with Gasteiger partial charge in [0, 0.05) is 17.1 Å². The second-order valence-electron chi connectivity index (χ2n) is 3.47. The molecule has 1 unspecified atom stereocenters. The third-order valence-corrected chi connectivity index (χ3v) is 4.31. The zero-order valence-corrected chi connectivity index (χ0v) is 10.7. The summed E-state index contributed by atoms with van der Waals surface area (Å²) in [5, 5.41) is 2.08. The van der Waals surface area contributed by atoms with Gasteiger partial charge in [-0.15, -0.1) is 11.3 Å². The molecule has 2 aromatic rings. The molecule has 0 radical (unpaired) electrons. The molecule has 2 N–H and O–H groups in total. The number of rotatable bonds is 4. The first-order valence-electron chi connectivity index (χ1n) is 5.22. The fraction of sp³-hybridized carbons (Fsp3) is 0.250. The van der Waals surface area contributed by atoms with E-state index in [2.05, 4.69) is 35.5 Å². The first kappa shape index (κ1) is 11.6. The molecule has 0 saturated carbocycles. The maximum Gasteiger partial charge on any atom is 0.0646 e. The molecule has 84 valence electrons. The highest BCUT2D eigenvalue weighted by molar-refractivity contribution is 8.01. The van der Waals surface area contributed by atoms with E-state index in [-0.39, 0.29) is 6.04 Å². The second kappa shape index (κ2) is 5.48. The normalized spacial score (nSPS) is 12.6. The van der Waals surface area contributed by atoms with Crippen molar-refractivity contribution in [1.29, 1.82) is 0 Å². The van der Waals surface area contributed by atoms with Crippen LogP contribution in [-0.2, 0) is 0 Å². The van der Waals surface area contributed by atoms with Gasteiger partial charge in [-0.2, -0.15) is 0 Å². The number of hydrogen-bond acceptors (Lipinski definition) is 4. The fourth-order valence-electron chi connectivity index (χ4n) is 1.32. The molecule has 0 amide bonds. The molecule has 2 nitrogen and oxygen atoms in total. The largest absolute Gasteiger partial charge is 0.323 e. The van der Waals surface area contributed by atoms with Crippen LogP contribution >= 0.6 is 23.1 Å². The molecule has 2 aromatic heterocycles. The Hall–Kier alpha value is -0.840. The Balaban J connectivity index is 2.07. The lowest BCUT2D eigenvalue weighted by atomic mass is 10.1. The molecule has 1 atom stereocenters. The quantitative estimate of drug-likeness (QED) is 0.899. The number of nitrogens with zero attached hydrogens (tertiary/aromatic N) is 1. The molecule has 2 rings (SSSR count). The Bertz CT molecular complexity index is 423. The fourth-order valence-corrected chi connectivity index (χ4v) is 3.03. The summed E-state index contributed by atoms with van der Waals surface area (Å²) in [4.78, 5) is 5.55. The number of pyridine rings is 1. The Morgan fingerprint density at radius 3 is 2.88 bits per heavy atom. The Labute approximate surface area is 104 Å². The standard InChI is InChI=1S/C12H14N2S2/c1-2-10(13)11-6-5-9(8-14-11)16-12-4-3-7-15-12/h3-8,10H,2,13H2,1H3. The Morgan fingerprint density at radius 2 is 2.31 bits per heavy atom. The maximum absolute atomic E-state index is 5.91. The molecule has 16 heavy (non-hydrogen) atoms. The van der Waals surface area contributed by atoms with Gasteiger partial charge in [-0.25, -0.2) is 0 Å². The van der Waals surface area contributed by atoms with Gasteiger partial charge >= 0.3 is 0 Å². The van der Waals surface area contributed by atoms with Crippen molar-refractivity contribution in [3.05, 3.63) is 41.5 Å². The van der Waals surface area contributed by atoms with Crippen LogP contribution in [0.25, 0.3) is 0 Å². The average molecular weight is 250 g/mol. The highest BCUT2D eigenvalue weighted by atomic mass is 32.2. The smallest absolute Gasteiger partial charge is 0.0646 e. The summed E-state index contributed by atoms with van der Waals surface area (Å²) in [6, 6.07) is 8.33. The molecule has 0 fully saturated rings. The van der Waals surface area contributed by atoms with Crippen LogP contribution in [0.4, 0.5) is 0 Å². The zero-order chi connectivity index (χ0) is 11.4. The van der Waals surface area contributed by atoms with Gasteiger partial charge in [0.1, 0.15) is 0 Å². The summed E-state index contributed by atoms with van der Waals surface area (Å²) in [5.74, 6) is 0. The Morgan fingerprint density at radius 1 is 1.44 bits per heavy atom. The summed E-state index contributed by atoms with van der Waals surface area (Å²) in [7, 11) is 0. The van der Waals surface area contributed by atoms with E-state index in [0.29, 0.717) is 0 Å². The molecule has 0 aromatic carbocycles. The summed E-state index contributed by atoms with van der Waals surface area (Å²) >= 11 is 3.48. The van der Waals surface area contributed by atoms with E-state index in [1.807, 2.05) is 12.3 Å². The van der Waals surface area contributed by atoms with E-state index in [4.69, 9.17) is 5.73 Å². The van der Waals surface area contributed by atoms with E-state index in [9.17, 15) is 0 Å². The van der Waals surface area contributed by atoms with Crippen LogP contribution in [0, 0.1) is 0 Å². The van der Waals surface area contributed by atoms with Crippen molar-refractivity contribution in [2.24, 2.45) is 5.73 Å². The third-order valence-electron chi connectivity index (χ3n) is 2.29. The van der Waals surface area contributed by atoms with Crippen molar-refractivity contribution in [3.63, 3.8) is 0 Å². The lowest BCUT2D eigenvalue weighted by Gasteiger charge is -2.07. The SMILES string of the molecule is CCC(N)c1ccc(Sc2cccs2)cn1. The number of thiophene rings is 1. The molecule has 0 spiro atoms. The molecule has 2 heterocycles. The van der Waals surface area contributed by atoms with E-state index < -0.39 is 0 Å². The van der Waals surface area contributed by atoms with Gasteiger partial charge in [0.15, 0.2) is 0 Å². The summed E-state index contributed by atoms with van der Waals surface area (Å²) in [6.07, 6.45) is 2.82. The molecule has 0 aliphatic carbocycles. The van der Waals surface area contributed by atoms with E-state index >= 15 is 0 Å². The maximum atomic E-state index is 5.91. The van der Waals surface area contributed by atoms with Crippen molar-refractivity contribution < 1.29 is 0 Å². The topological polar surface area (TPSA) is 38.9 Å². The van der Waals surface area contributed by atoms with Crippen LogP contribution in [0.3, 0.4) is 0 Å². The molecular weight excluding hydrogens is 236 g/mol. The lowest BCUT2D eigenvalue weighted by Crippen LogP contribution is -2.10. The number of nitrogens with two attached hydrogens (primary N) is 1. The van der Waals surface area contributed by atoms with Crippen LogP contribution in [0.15, 0.2) is 44.9 Å². The van der Waals surface area contributed by atoms with Gasteiger partial charge in [-0.3, -0.25) is 4.98 Å². The first-order valence-corrected chi connectivity index (χ1v) is 6.92. The highest BCUT2D eigenvalue weighted by Crippen LogP contribution is 2.30.